The molecule has 0 aliphatic carbocycles. The van der Waals surface area contributed by atoms with Gasteiger partial charge >= 0.3 is 19.8 Å². The fourth-order valence-corrected chi connectivity index (χ4v) is 3.24. The van der Waals surface area contributed by atoms with Crippen LogP contribution in [0.3, 0.4) is 0 Å². The van der Waals surface area contributed by atoms with Gasteiger partial charge in [0.1, 0.15) is 6.42 Å². The van der Waals surface area contributed by atoms with Gasteiger partial charge < -0.3 is 9.47 Å². The molecule has 192 valence electrons. The van der Waals surface area contributed by atoms with E-state index in [0.29, 0.717) is 33.0 Å². The van der Waals surface area contributed by atoms with Gasteiger partial charge in [0.2, 0.25) is 0 Å². The van der Waals surface area contributed by atoms with E-state index < -0.39 is 19.8 Å². The lowest BCUT2D eigenvalue weighted by Crippen LogP contribution is -2.14. The molecule has 0 saturated carbocycles. The van der Waals surface area contributed by atoms with Gasteiger partial charge in [-0.2, -0.15) is 0 Å². The van der Waals surface area contributed by atoms with Crippen LogP contribution in [-0.4, -0.2) is 45.0 Å². The first-order chi connectivity index (χ1) is 15.4. The van der Waals surface area contributed by atoms with Gasteiger partial charge in [0, 0.05) is 0 Å². The molecule has 0 aromatic heterocycles. The van der Waals surface area contributed by atoms with E-state index in [0.717, 1.165) is 64.2 Å². The quantitative estimate of drug-likeness (QED) is 0.0828. The molecule has 0 atom stereocenters. The molecule has 0 aliphatic rings. The predicted molar refractivity (Wildman–Crippen MR) is 127 cm³/mol. The van der Waals surface area contributed by atoms with Gasteiger partial charge in [-0.15, -0.1) is 0 Å². The molecule has 0 heterocycles. The minimum atomic E-state index is -3.31. The number of esters is 2. The van der Waals surface area contributed by atoms with E-state index in [-0.39, 0.29) is 6.42 Å². The number of carbonyl (C=O) groups excluding carboxylic acids is 2. The number of hydrogen-bond donors (Lipinski definition) is 0. The lowest BCUT2D eigenvalue weighted by Gasteiger charge is -2.17. The minimum Gasteiger partial charge on any atom is -0.465 e. The molecular formula is C23H47O8P. The smallest absolute Gasteiger partial charge is 0.465 e. The van der Waals surface area contributed by atoms with Gasteiger partial charge in [0.05, 0.1) is 33.0 Å². The highest BCUT2D eigenvalue weighted by atomic mass is 31.2. The molecule has 0 fully saturated rings. The normalized spacial score (nSPS) is 10.9. The highest BCUT2D eigenvalue weighted by Crippen LogP contribution is 2.49. The Bertz CT molecular complexity index is 431. The summed E-state index contributed by atoms with van der Waals surface area (Å²) < 4.78 is 37.6. The van der Waals surface area contributed by atoms with Crippen molar-refractivity contribution in [1.29, 1.82) is 0 Å². The number of phosphoric acid groups is 1. The fraction of sp³-hybridized carbons (Fsp3) is 0.913. The molecule has 0 amide bonds. The zero-order valence-corrected chi connectivity index (χ0v) is 21.9. The topological polar surface area (TPSA) is 97.4 Å². The van der Waals surface area contributed by atoms with Crippen molar-refractivity contribution in [2.75, 3.05) is 33.0 Å². The standard InChI is InChI=1S/C12H27O4P.C11H20O4/c1-4-7-10-14-17(13,15-11-8-5-2)16-12-9-6-3;1-3-5-7-14-10(12)9-11(13)15-8-6-4-2/h4-12H2,1-3H3;3-9H2,1-2H3. The Balaban J connectivity index is 0. The van der Waals surface area contributed by atoms with Crippen LogP contribution in [0.15, 0.2) is 0 Å². The van der Waals surface area contributed by atoms with E-state index in [1.165, 1.54) is 0 Å². The van der Waals surface area contributed by atoms with Crippen LogP contribution >= 0.6 is 7.82 Å². The molecule has 0 aliphatic heterocycles. The molecule has 0 bridgehead atoms. The molecule has 0 rings (SSSR count). The van der Waals surface area contributed by atoms with E-state index in [1.54, 1.807) is 0 Å². The molecule has 0 aromatic carbocycles. The van der Waals surface area contributed by atoms with Crippen molar-refractivity contribution < 1.29 is 37.2 Å². The van der Waals surface area contributed by atoms with Crippen LogP contribution in [-0.2, 0) is 37.2 Å². The molecule has 0 N–H and O–H groups in total. The van der Waals surface area contributed by atoms with E-state index in [2.05, 4.69) is 20.8 Å². The summed E-state index contributed by atoms with van der Waals surface area (Å²) in [5, 5.41) is 0. The van der Waals surface area contributed by atoms with Crippen LogP contribution < -0.4 is 0 Å². The number of rotatable bonds is 20. The maximum atomic E-state index is 12.2. The lowest BCUT2D eigenvalue weighted by molar-refractivity contribution is -0.154. The van der Waals surface area contributed by atoms with Gasteiger partial charge in [0.15, 0.2) is 0 Å². The van der Waals surface area contributed by atoms with Gasteiger partial charge in [-0.1, -0.05) is 66.7 Å². The summed E-state index contributed by atoms with van der Waals surface area (Å²) in [6.45, 7) is 12.3. The summed E-state index contributed by atoms with van der Waals surface area (Å²) in [6, 6.07) is 0. The predicted octanol–water partition coefficient (Wildman–Crippen LogP) is 6.61. The Kier molecular flexibility index (Phi) is 25.6. The summed E-state index contributed by atoms with van der Waals surface area (Å²) in [4.78, 5) is 22.1. The van der Waals surface area contributed by atoms with Crippen LogP contribution in [0.5, 0.6) is 0 Å². The van der Waals surface area contributed by atoms with Crippen LogP contribution in [0.1, 0.15) is 105 Å². The highest BCUT2D eigenvalue weighted by Gasteiger charge is 2.25. The number of ether oxygens (including phenoxy) is 2. The monoisotopic (exact) mass is 482 g/mol. The first-order valence-corrected chi connectivity index (χ1v) is 13.7. The summed E-state index contributed by atoms with van der Waals surface area (Å²) in [7, 11) is -3.31. The van der Waals surface area contributed by atoms with Gasteiger partial charge in [-0.25, -0.2) is 4.57 Å². The van der Waals surface area contributed by atoms with Crippen LogP contribution in [0.2, 0.25) is 0 Å². The molecule has 0 aromatic rings. The third-order valence-corrected chi connectivity index (χ3v) is 5.55. The van der Waals surface area contributed by atoms with E-state index in [1.807, 2.05) is 13.8 Å². The van der Waals surface area contributed by atoms with Crippen molar-refractivity contribution in [1.82, 2.24) is 0 Å². The fourth-order valence-electron chi connectivity index (χ4n) is 1.95. The lowest BCUT2D eigenvalue weighted by atomic mass is 10.3. The molecule has 32 heavy (non-hydrogen) atoms. The molecule has 8 nitrogen and oxygen atoms in total. The SMILES string of the molecule is CCCCOC(=O)CC(=O)OCCCC.CCCCOP(=O)(OCCCC)OCCCC. The van der Waals surface area contributed by atoms with E-state index >= 15 is 0 Å². The van der Waals surface area contributed by atoms with Gasteiger partial charge in [-0.05, 0) is 32.1 Å². The third-order valence-electron chi connectivity index (χ3n) is 4.05. The Hall–Kier alpha value is -0.950. The minimum absolute atomic E-state index is 0.270. The number of unbranched alkanes of at least 4 members (excludes halogenated alkanes) is 5. The van der Waals surface area contributed by atoms with Crippen LogP contribution in [0, 0.1) is 0 Å². The summed E-state index contributed by atoms with van der Waals surface area (Å²) in [5.41, 5.74) is 0. The first-order valence-electron chi connectivity index (χ1n) is 12.2. The Morgan fingerprint density at radius 2 is 0.812 bits per heavy atom. The molecule has 0 spiro atoms. The first kappa shape index (κ1) is 33.2. The maximum absolute atomic E-state index is 12.2. The van der Waals surface area contributed by atoms with Gasteiger partial charge in [0.25, 0.3) is 0 Å². The third kappa shape index (κ3) is 23.7. The Morgan fingerprint density at radius 3 is 1.09 bits per heavy atom. The van der Waals surface area contributed by atoms with Crippen molar-refractivity contribution in [3.05, 3.63) is 0 Å². The van der Waals surface area contributed by atoms with E-state index in [4.69, 9.17) is 23.0 Å². The summed E-state index contributed by atoms with van der Waals surface area (Å²) in [6.07, 6.45) is 8.95. The maximum Gasteiger partial charge on any atom is 0.474 e. The Labute approximate surface area is 195 Å². The second-order valence-electron chi connectivity index (χ2n) is 7.33. The average Bonchev–Trinajstić information content (AvgIpc) is 2.75. The molecule has 9 heteroatoms. The van der Waals surface area contributed by atoms with Crippen LogP contribution in [0.4, 0.5) is 0 Å². The highest BCUT2D eigenvalue weighted by molar-refractivity contribution is 7.48. The summed E-state index contributed by atoms with van der Waals surface area (Å²) in [5.74, 6) is -0.991. The van der Waals surface area contributed by atoms with Crippen molar-refractivity contribution >= 4 is 19.8 Å². The average molecular weight is 483 g/mol. The number of phosphoric ester groups is 1. The molecule has 0 saturated heterocycles. The largest absolute Gasteiger partial charge is 0.474 e. The Morgan fingerprint density at radius 1 is 0.531 bits per heavy atom. The second kappa shape index (κ2) is 24.7. The number of hydrogen-bond acceptors (Lipinski definition) is 8. The van der Waals surface area contributed by atoms with Crippen molar-refractivity contribution in [2.24, 2.45) is 0 Å². The molecule has 0 radical (unpaired) electrons. The van der Waals surface area contributed by atoms with Crippen molar-refractivity contribution in [3.8, 4) is 0 Å². The van der Waals surface area contributed by atoms with Crippen LogP contribution in [0.25, 0.3) is 0 Å². The number of carbonyl (C=O) groups is 2. The zero-order chi connectivity index (χ0) is 24.5. The van der Waals surface area contributed by atoms with Crippen molar-refractivity contribution in [3.63, 3.8) is 0 Å². The van der Waals surface area contributed by atoms with Gasteiger partial charge in [-0.3, -0.25) is 23.2 Å². The summed E-state index contributed by atoms with van der Waals surface area (Å²) >= 11 is 0. The molecular weight excluding hydrogens is 435 g/mol. The second-order valence-corrected chi connectivity index (χ2v) is 9.00. The molecule has 0 unspecified atom stereocenters. The van der Waals surface area contributed by atoms with Crippen molar-refractivity contribution in [2.45, 2.75) is 105 Å². The van der Waals surface area contributed by atoms with E-state index in [9.17, 15) is 14.2 Å². The zero-order valence-electron chi connectivity index (χ0n) is 21.0.